The number of aromatic nitrogens is 1. The lowest BCUT2D eigenvalue weighted by atomic mass is 10.1. The lowest BCUT2D eigenvalue weighted by molar-refractivity contribution is -0.134. The number of rotatable bonds is 9. The first-order valence-corrected chi connectivity index (χ1v) is 10.3. The van der Waals surface area contributed by atoms with Gasteiger partial charge in [-0.2, -0.15) is 0 Å². The minimum Gasteiger partial charge on any atom is -0.467 e. The Kier molecular flexibility index (Phi) is 5.69. The first-order valence-electron chi connectivity index (χ1n) is 10.3. The Labute approximate surface area is 171 Å². The van der Waals surface area contributed by atoms with Crippen molar-refractivity contribution in [2.24, 2.45) is 5.92 Å². The van der Waals surface area contributed by atoms with Crippen molar-refractivity contribution in [1.82, 2.24) is 10.1 Å². The Bertz CT molecular complexity index is 926. The van der Waals surface area contributed by atoms with Crippen LogP contribution in [0, 0.1) is 5.92 Å². The molecule has 1 aliphatic rings. The second kappa shape index (κ2) is 8.55. The van der Waals surface area contributed by atoms with E-state index in [0.717, 1.165) is 54.4 Å². The van der Waals surface area contributed by atoms with Gasteiger partial charge in [0.25, 0.3) is 0 Å². The monoisotopic (exact) mass is 393 g/mol. The maximum atomic E-state index is 13.0. The molecule has 2 aromatic heterocycles. The van der Waals surface area contributed by atoms with Crippen molar-refractivity contribution in [1.29, 1.82) is 0 Å². The first-order chi connectivity index (χ1) is 14.2. The number of benzene rings is 1. The molecule has 0 bridgehead atoms. The van der Waals surface area contributed by atoms with E-state index in [2.05, 4.69) is 23.9 Å². The minimum atomic E-state index is 0.127. The molecule has 1 fully saturated rings. The van der Waals surface area contributed by atoms with Gasteiger partial charge in [0.05, 0.1) is 24.9 Å². The van der Waals surface area contributed by atoms with E-state index >= 15 is 0 Å². The molecule has 1 aromatic carbocycles. The third kappa shape index (κ3) is 4.21. The molecule has 4 rings (SSSR count). The highest BCUT2D eigenvalue weighted by molar-refractivity contribution is 5.81. The van der Waals surface area contributed by atoms with Crippen molar-refractivity contribution in [3.63, 3.8) is 0 Å². The highest BCUT2D eigenvalue weighted by atomic mass is 16.5. The molecule has 1 amide bonds. The summed E-state index contributed by atoms with van der Waals surface area (Å²) in [5.41, 5.74) is 2.72. The van der Waals surface area contributed by atoms with Crippen molar-refractivity contribution >= 4 is 11.8 Å². The molecule has 29 heavy (non-hydrogen) atoms. The molecule has 0 atom stereocenters. The van der Waals surface area contributed by atoms with E-state index in [1.807, 2.05) is 47.4 Å². The Morgan fingerprint density at radius 2 is 1.83 bits per heavy atom. The van der Waals surface area contributed by atoms with Crippen LogP contribution in [-0.2, 0) is 17.9 Å². The van der Waals surface area contributed by atoms with E-state index in [0.29, 0.717) is 13.1 Å². The maximum absolute atomic E-state index is 13.0. The number of furan rings is 1. The van der Waals surface area contributed by atoms with Crippen LogP contribution < -0.4 is 4.90 Å². The van der Waals surface area contributed by atoms with Crippen LogP contribution in [0.5, 0.6) is 0 Å². The van der Waals surface area contributed by atoms with Crippen molar-refractivity contribution in [3.8, 4) is 11.3 Å². The average molecular weight is 393 g/mol. The standard InChI is InChI=1S/C23H27N3O3/c1-3-25(4-2)23-20(21(24-29-23)17-9-6-5-7-10-17)16-26(22(27)18-12-13-18)15-19-11-8-14-28-19/h5-11,14,18H,3-4,12-13,15-16H2,1-2H3. The predicted molar refractivity (Wildman–Crippen MR) is 111 cm³/mol. The van der Waals surface area contributed by atoms with Gasteiger partial charge in [0.15, 0.2) is 0 Å². The zero-order valence-corrected chi connectivity index (χ0v) is 17.0. The molecule has 1 aliphatic carbocycles. The predicted octanol–water partition coefficient (Wildman–Crippen LogP) is 4.72. The van der Waals surface area contributed by atoms with Crippen LogP contribution in [0.2, 0.25) is 0 Å². The smallest absolute Gasteiger partial charge is 0.232 e. The largest absolute Gasteiger partial charge is 0.467 e. The summed E-state index contributed by atoms with van der Waals surface area (Å²) in [6.45, 7) is 6.68. The number of hydrogen-bond acceptors (Lipinski definition) is 5. The van der Waals surface area contributed by atoms with Gasteiger partial charge in [-0.25, -0.2) is 0 Å². The summed E-state index contributed by atoms with van der Waals surface area (Å²) in [7, 11) is 0. The van der Waals surface area contributed by atoms with Crippen LogP contribution in [0.3, 0.4) is 0 Å². The number of amides is 1. The van der Waals surface area contributed by atoms with Crippen LogP contribution in [0.1, 0.15) is 38.0 Å². The molecule has 6 nitrogen and oxygen atoms in total. The van der Waals surface area contributed by atoms with Crippen molar-refractivity contribution in [2.75, 3.05) is 18.0 Å². The van der Waals surface area contributed by atoms with Crippen LogP contribution in [0.25, 0.3) is 11.3 Å². The summed E-state index contributed by atoms with van der Waals surface area (Å²) >= 11 is 0. The molecule has 6 heteroatoms. The van der Waals surface area contributed by atoms with E-state index in [1.54, 1.807) is 6.26 Å². The average Bonchev–Trinajstić information content (AvgIpc) is 3.33. The second-order valence-corrected chi connectivity index (χ2v) is 7.40. The van der Waals surface area contributed by atoms with E-state index in [4.69, 9.17) is 8.94 Å². The highest BCUT2D eigenvalue weighted by Gasteiger charge is 2.35. The van der Waals surface area contributed by atoms with Crippen LogP contribution >= 0.6 is 0 Å². The van der Waals surface area contributed by atoms with E-state index in [9.17, 15) is 4.79 Å². The molecule has 1 saturated carbocycles. The third-order valence-corrected chi connectivity index (χ3v) is 5.38. The highest BCUT2D eigenvalue weighted by Crippen LogP contribution is 2.36. The van der Waals surface area contributed by atoms with Gasteiger partial charge in [0, 0.05) is 24.6 Å². The van der Waals surface area contributed by atoms with Crippen LogP contribution in [-0.4, -0.2) is 29.1 Å². The summed E-state index contributed by atoms with van der Waals surface area (Å²) in [6.07, 6.45) is 3.57. The fourth-order valence-corrected chi connectivity index (χ4v) is 3.61. The molecular formula is C23H27N3O3. The Hall–Kier alpha value is -3.02. The third-order valence-electron chi connectivity index (χ3n) is 5.38. The maximum Gasteiger partial charge on any atom is 0.232 e. The fourth-order valence-electron chi connectivity index (χ4n) is 3.61. The van der Waals surface area contributed by atoms with Gasteiger partial charge in [-0.1, -0.05) is 35.5 Å². The van der Waals surface area contributed by atoms with E-state index in [-0.39, 0.29) is 11.8 Å². The lowest BCUT2D eigenvalue weighted by Crippen LogP contribution is -2.32. The van der Waals surface area contributed by atoms with Crippen molar-refractivity contribution < 1.29 is 13.7 Å². The quantitative estimate of drug-likeness (QED) is 0.526. The normalized spacial score (nSPS) is 13.4. The summed E-state index contributed by atoms with van der Waals surface area (Å²) in [5.74, 6) is 1.82. The zero-order valence-electron chi connectivity index (χ0n) is 17.0. The number of carbonyl (C=O) groups is 1. The summed E-state index contributed by atoms with van der Waals surface area (Å²) < 4.78 is 11.3. The van der Waals surface area contributed by atoms with E-state index < -0.39 is 0 Å². The minimum absolute atomic E-state index is 0.127. The second-order valence-electron chi connectivity index (χ2n) is 7.40. The van der Waals surface area contributed by atoms with E-state index in [1.165, 1.54) is 0 Å². The van der Waals surface area contributed by atoms with Gasteiger partial charge >= 0.3 is 0 Å². The Morgan fingerprint density at radius 3 is 2.45 bits per heavy atom. The van der Waals surface area contributed by atoms with Gasteiger partial charge in [0.1, 0.15) is 11.5 Å². The van der Waals surface area contributed by atoms with Gasteiger partial charge in [-0.3, -0.25) is 4.79 Å². The Morgan fingerprint density at radius 1 is 1.07 bits per heavy atom. The first kappa shape index (κ1) is 19.3. The summed E-state index contributed by atoms with van der Waals surface area (Å²) in [6, 6.07) is 13.8. The number of anilines is 1. The number of carbonyl (C=O) groups excluding carboxylic acids is 1. The molecule has 0 unspecified atom stereocenters. The van der Waals surface area contributed by atoms with Crippen molar-refractivity contribution in [3.05, 3.63) is 60.1 Å². The molecule has 2 heterocycles. The molecule has 3 aromatic rings. The number of nitrogens with zero attached hydrogens (tertiary/aromatic N) is 3. The number of hydrogen-bond donors (Lipinski definition) is 0. The molecule has 0 saturated heterocycles. The van der Waals surface area contributed by atoms with Crippen LogP contribution in [0.15, 0.2) is 57.7 Å². The topological polar surface area (TPSA) is 62.7 Å². The van der Waals surface area contributed by atoms with Gasteiger partial charge in [-0.05, 0) is 38.8 Å². The fraction of sp³-hybridized carbons (Fsp3) is 0.391. The van der Waals surface area contributed by atoms with Crippen LogP contribution in [0.4, 0.5) is 5.88 Å². The molecule has 0 aliphatic heterocycles. The lowest BCUT2D eigenvalue weighted by Gasteiger charge is -2.24. The van der Waals surface area contributed by atoms with Gasteiger partial charge < -0.3 is 18.7 Å². The van der Waals surface area contributed by atoms with Gasteiger partial charge in [-0.15, -0.1) is 0 Å². The molecule has 152 valence electrons. The summed E-state index contributed by atoms with van der Waals surface area (Å²) in [5, 5.41) is 4.40. The molecule has 0 radical (unpaired) electrons. The zero-order chi connectivity index (χ0) is 20.2. The Balaban J connectivity index is 1.71. The molecule has 0 N–H and O–H groups in total. The molecular weight excluding hydrogens is 366 g/mol. The van der Waals surface area contributed by atoms with Gasteiger partial charge in [0.2, 0.25) is 11.8 Å². The summed E-state index contributed by atoms with van der Waals surface area (Å²) in [4.78, 5) is 17.1. The van der Waals surface area contributed by atoms with Crippen molar-refractivity contribution in [2.45, 2.75) is 39.8 Å². The SMILES string of the molecule is CCN(CC)c1onc(-c2ccccc2)c1CN(Cc1ccco1)C(=O)C1CC1. The molecule has 0 spiro atoms.